The predicted molar refractivity (Wildman–Crippen MR) is 83.1 cm³/mol. The first-order chi connectivity index (χ1) is 10.2. The summed E-state index contributed by atoms with van der Waals surface area (Å²) >= 11 is 0. The summed E-state index contributed by atoms with van der Waals surface area (Å²) in [5.41, 5.74) is 0.773. The topological polar surface area (TPSA) is 50.8 Å². The molecule has 1 aliphatic rings. The third-order valence-corrected chi connectivity index (χ3v) is 3.82. The van der Waals surface area contributed by atoms with Crippen molar-refractivity contribution in [1.82, 2.24) is 4.90 Å². The number of carbonyl (C=O) groups is 1. The molecule has 116 valence electrons. The first-order valence-corrected chi connectivity index (χ1v) is 7.43. The Labute approximate surface area is 126 Å². The third kappa shape index (κ3) is 3.80. The molecule has 0 aliphatic carbocycles. The fraction of sp³-hybridized carbons (Fsp3) is 0.562. The maximum Gasteiger partial charge on any atom is 0.244 e. The fourth-order valence-corrected chi connectivity index (χ4v) is 2.61. The van der Waals surface area contributed by atoms with Gasteiger partial charge in [-0.2, -0.15) is 0 Å². The zero-order chi connectivity index (χ0) is 15.2. The van der Waals surface area contributed by atoms with E-state index in [1.54, 1.807) is 14.2 Å². The maximum atomic E-state index is 12.4. The number of hydrogen-bond acceptors (Lipinski definition) is 4. The molecule has 2 rings (SSSR count). The van der Waals surface area contributed by atoms with E-state index >= 15 is 0 Å². The Balaban J connectivity index is 2.07. The summed E-state index contributed by atoms with van der Waals surface area (Å²) in [5, 5.41) is 3.24. The molecule has 1 atom stereocenters. The third-order valence-electron chi connectivity index (χ3n) is 3.82. The van der Waals surface area contributed by atoms with Gasteiger partial charge in [-0.1, -0.05) is 0 Å². The van der Waals surface area contributed by atoms with Crippen LogP contribution in [0.3, 0.4) is 0 Å². The zero-order valence-corrected chi connectivity index (χ0v) is 13.0. The molecular formula is C16H24N2O3. The number of benzene rings is 1. The van der Waals surface area contributed by atoms with Crippen molar-refractivity contribution in [2.75, 3.05) is 32.6 Å². The summed E-state index contributed by atoms with van der Waals surface area (Å²) in [5.74, 6) is 1.57. The fourth-order valence-electron chi connectivity index (χ4n) is 2.61. The van der Waals surface area contributed by atoms with Gasteiger partial charge in [0.25, 0.3) is 0 Å². The highest BCUT2D eigenvalue weighted by Crippen LogP contribution is 2.29. The SMILES string of the molecule is COc1ccc(OC)c(NC(C)C(=O)N2CCCCC2)c1. The number of methoxy groups -OCH3 is 2. The van der Waals surface area contributed by atoms with Gasteiger partial charge >= 0.3 is 0 Å². The number of amides is 1. The van der Waals surface area contributed by atoms with E-state index in [2.05, 4.69) is 5.32 Å². The van der Waals surface area contributed by atoms with E-state index in [1.807, 2.05) is 30.0 Å². The molecule has 1 N–H and O–H groups in total. The Morgan fingerprint density at radius 1 is 1.19 bits per heavy atom. The lowest BCUT2D eigenvalue weighted by atomic mass is 10.1. The van der Waals surface area contributed by atoms with Gasteiger partial charge in [-0.25, -0.2) is 0 Å². The van der Waals surface area contributed by atoms with E-state index in [0.29, 0.717) is 5.75 Å². The molecule has 0 radical (unpaired) electrons. The Bertz CT molecular complexity index is 484. The number of piperidine rings is 1. The van der Waals surface area contributed by atoms with Crippen LogP contribution in [0.25, 0.3) is 0 Å². The monoisotopic (exact) mass is 292 g/mol. The first-order valence-electron chi connectivity index (χ1n) is 7.43. The van der Waals surface area contributed by atoms with Crippen molar-refractivity contribution < 1.29 is 14.3 Å². The van der Waals surface area contributed by atoms with E-state index in [0.717, 1.165) is 37.4 Å². The van der Waals surface area contributed by atoms with E-state index in [9.17, 15) is 4.79 Å². The van der Waals surface area contributed by atoms with E-state index in [-0.39, 0.29) is 11.9 Å². The molecule has 0 saturated carbocycles. The molecule has 0 aromatic heterocycles. The summed E-state index contributed by atoms with van der Waals surface area (Å²) in [6.07, 6.45) is 3.41. The highest BCUT2D eigenvalue weighted by atomic mass is 16.5. The van der Waals surface area contributed by atoms with Gasteiger partial charge in [0.1, 0.15) is 17.5 Å². The molecule has 1 aromatic rings. The number of likely N-dealkylation sites (tertiary alicyclic amines) is 1. The minimum atomic E-state index is -0.288. The Hall–Kier alpha value is -1.91. The lowest BCUT2D eigenvalue weighted by molar-refractivity contribution is -0.132. The number of nitrogens with zero attached hydrogens (tertiary/aromatic N) is 1. The molecule has 0 bridgehead atoms. The second-order valence-electron chi connectivity index (χ2n) is 5.32. The Morgan fingerprint density at radius 2 is 1.90 bits per heavy atom. The van der Waals surface area contributed by atoms with Crippen LogP contribution >= 0.6 is 0 Å². The number of nitrogens with one attached hydrogen (secondary N) is 1. The smallest absolute Gasteiger partial charge is 0.244 e. The van der Waals surface area contributed by atoms with Crippen LogP contribution in [0.2, 0.25) is 0 Å². The second-order valence-corrected chi connectivity index (χ2v) is 5.32. The summed E-state index contributed by atoms with van der Waals surface area (Å²) in [4.78, 5) is 14.4. The Kier molecular flexibility index (Phi) is 5.31. The van der Waals surface area contributed by atoms with Crippen LogP contribution in [0, 0.1) is 0 Å². The lowest BCUT2D eigenvalue weighted by Gasteiger charge is -2.30. The average molecular weight is 292 g/mol. The molecule has 1 saturated heterocycles. The Morgan fingerprint density at radius 3 is 2.52 bits per heavy atom. The number of hydrogen-bond donors (Lipinski definition) is 1. The zero-order valence-electron chi connectivity index (χ0n) is 13.0. The van der Waals surface area contributed by atoms with E-state index in [4.69, 9.17) is 9.47 Å². The van der Waals surface area contributed by atoms with Crippen molar-refractivity contribution in [2.45, 2.75) is 32.2 Å². The standard InChI is InChI=1S/C16H24N2O3/c1-12(16(19)18-9-5-4-6-10-18)17-14-11-13(20-2)7-8-15(14)21-3/h7-8,11-12,17H,4-6,9-10H2,1-3H3. The normalized spacial score (nSPS) is 16.2. The largest absolute Gasteiger partial charge is 0.497 e. The quantitative estimate of drug-likeness (QED) is 0.906. The van der Waals surface area contributed by atoms with E-state index in [1.165, 1.54) is 6.42 Å². The number of rotatable bonds is 5. The molecule has 5 nitrogen and oxygen atoms in total. The van der Waals surface area contributed by atoms with Gasteiger partial charge in [0.05, 0.1) is 19.9 Å². The molecule has 21 heavy (non-hydrogen) atoms. The van der Waals surface area contributed by atoms with Crippen molar-refractivity contribution in [1.29, 1.82) is 0 Å². The highest BCUT2D eigenvalue weighted by molar-refractivity contribution is 5.85. The number of carbonyl (C=O) groups excluding carboxylic acids is 1. The van der Waals surface area contributed by atoms with Gasteiger partial charge < -0.3 is 19.7 Å². The number of anilines is 1. The van der Waals surface area contributed by atoms with Gasteiger partial charge in [-0.05, 0) is 38.3 Å². The molecule has 1 heterocycles. The van der Waals surface area contributed by atoms with Crippen molar-refractivity contribution >= 4 is 11.6 Å². The van der Waals surface area contributed by atoms with Crippen molar-refractivity contribution in [3.63, 3.8) is 0 Å². The van der Waals surface area contributed by atoms with E-state index < -0.39 is 0 Å². The minimum absolute atomic E-state index is 0.138. The minimum Gasteiger partial charge on any atom is -0.497 e. The molecule has 1 unspecified atom stereocenters. The molecule has 1 fully saturated rings. The van der Waals surface area contributed by atoms with Crippen LogP contribution in [0.15, 0.2) is 18.2 Å². The molecular weight excluding hydrogens is 268 g/mol. The van der Waals surface area contributed by atoms with Crippen LogP contribution in [-0.2, 0) is 4.79 Å². The van der Waals surface area contributed by atoms with Gasteiger partial charge in [0, 0.05) is 19.2 Å². The van der Waals surface area contributed by atoms with Gasteiger partial charge in [0.15, 0.2) is 0 Å². The summed E-state index contributed by atoms with van der Waals surface area (Å²) in [6.45, 7) is 3.61. The van der Waals surface area contributed by atoms with Crippen LogP contribution in [-0.4, -0.2) is 44.2 Å². The van der Waals surface area contributed by atoms with Crippen molar-refractivity contribution in [2.24, 2.45) is 0 Å². The number of ether oxygens (including phenoxy) is 2. The van der Waals surface area contributed by atoms with Crippen LogP contribution < -0.4 is 14.8 Å². The van der Waals surface area contributed by atoms with Crippen molar-refractivity contribution in [3.05, 3.63) is 18.2 Å². The van der Waals surface area contributed by atoms with Crippen LogP contribution in [0.1, 0.15) is 26.2 Å². The first kappa shape index (κ1) is 15.5. The molecule has 1 amide bonds. The summed E-state index contributed by atoms with van der Waals surface area (Å²) in [6, 6.07) is 5.23. The van der Waals surface area contributed by atoms with Crippen molar-refractivity contribution in [3.8, 4) is 11.5 Å². The predicted octanol–water partition coefficient (Wildman–Crippen LogP) is 2.52. The maximum absolute atomic E-state index is 12.4. The molecule has 1 aliphatic heterocycles. The van der Waals surface area contributed by atoms with Gasteiger partial charge in [0.2, 0.25) is 5.91 Å². The summed E-state index contributed by atoms with van der Waals surface area (Å²) in [7, 11) is 3.23. The van der Waals surface area contributed by atoms with Gasteiger partial charge in [-0.3, -0.25) is 4.79 Å². The average Bonchev–Trinajstić information content (AvgIpc) is 2.54. The molecule has 1 aromatic carbocycles. The van der Waals surface area contributed by atoms with Gasteiger partial charge in [-0.15, -0.1) is 0 Å². The second kappa shape index (κ2) is 7.20. The molecule has 0 spiro atoms. The van der Waals surface area contributed by atoms with Crippen LogP contribution in [0.4, 0.5) is 5.69 Å². The summed E-state index contributed by atoms with van der Waals surface area (Å²) < 4.78 is 10.5. The molecule has 5 heteroatoms. The van der Waals surface area contributed by atoms with Crippen LogP contribution in [0.5, 0.6) is 11.5 Å². The lowest BCUT2D eigenvalue weighted by Crippen LogP contribution is -2.43. The highest BCUT2D eigenvalue weighted by Gasteiger charge is 2.22.